The predicted molar refractivity (Wildman–Crippen MR) is 107 cm³/mol. The first-order valence-electron chi connectivity index (χ1n) is 9.12. The van der Waals surface area contributed by atoms with Crippen molar-refractivity contribution in [2.75, 3.05) is 11.1 Å². The normalized spacial score (nSPS) is 11.7. The van der Waals surface area contributed by atoms with Gasteiger partial charge in [-0.25, -0.2) is 0 Å². The fourth-order valence-electron chi connectivity index (χ4n) is 2.94. The molecule has 0 radical (unpaired) electrons. The van der Waals surface area contributed by atoms with Crippen molar-refractivity contribution in [3.05, 3.63) is 51.8 Å². The molecule has 0 atom stereocenters. The van der Waals surface area contributed by atoms with E-state index in [1.165, 1.54) is 16.8 Å². The van der Waals surface area contributed by atoms with Gasteiger partial charge in [-0.1, -0.05) is 5.10 Å². The predicted octanol–water partition coefficient (Wildman–Crippen LogP) is 1.90. The van der Waals surface area contributed by atoms with Gasteiger partial charge >= 0.3 is 6.18 Å². The number of benzene rings is 1. The van der Waals surface area contributed by atoms with Crippen LogP contribution >= 0.6 is 0 Å². The molecule has 0 spiro atoms. The van der Waals surface area contributed by atoms with E-state index in [0.29, 0.717) is 0 Å². The number of nitrogens with two attached hydrogens (primary N) is 1. The van der Waals surface area contributed by atoms with Crippen LogP contribution in [0, 0.1) is 5.41 Å². The molecule has 2 aromatic heterocycles. The number of anilines is 2. The molecule has 0 saturated carbocycles. The van der Waals surface area contributed by atoms with Crippen LogP contribution in [0.1, 0.15) is 31.1 Å². The highest BCUT2D eigenvalue weighted by Crippen LogP contribution is 2.31. The first kappa shape index (κ1) is 21.9. The summed E-state index contributed by atoms with van der Waals surface area (Å²) in [6.45, 7) is 3.41. The number of hydrogen-bond donors (Lipinski definition) is 3. The molecule has 3 rings (SSSR count). The van der Waals surface area contributed by atoms with Crippen LogP contribution in [-0.4, -0.2) is 27.1 Å². The Labute approximate surface area is 173 Å². The summed E-state index contributed by atoms with van der Waals surface area (Å²) in [5, 5.41) is 17.8. The fraction of sp³-hybridized carbons (Fsp3) is 0.263. The summed E-state index contributed by atoms with van der Waals surface area (Å²) in [6, 6.07) is 5.29. The number of carbonyl (C=O) groups excluding carboxylic acids is 1. The average molecular weight is 434 g/mol. The first-order chi connectivity index (χ1) is 14.5. The molecule has 0 saturated heterocycles. The Kier molecular flexibility index (Phi) is 5.73. The highest BCUT2D eigenvalue weighted by molar-refractivity contribution is 5.91. The zero-order valence-electron chi connectivity index (χ0n) is 16.6. The van der Waals surface area contributed by atoms with Crippen molar-refractivity contribution in [3.63, 3.8) is 0 Å². The van der Waals surface area contributed by atoms with Gasteiger partial charge in [0.15, 0.2) is 5.82 Å². The molecule has 31 heavy (non-hydrogen) atoms. The number of nitrogen functional groups attached to an aromatic ring is 1. The zero-order valence-corrected chi connectivity index (χ0v) is 16.6. The summed E-state index contributed by atoms with van der Waals surface area (Å²) in [7, 11) is 0. The van der Waals surface area contributed by atoms with E-state index in [-0.39, 0.29) is 34.3 Å². The fourth-order valence-corrected chi connectivity index (χ4v) is 2.94. The van der Waals surface area contributed by atoms with Gasteiger partial charge in [-0.05, 0) is 38.1 Å². The maximum atomic E-state index is 13.1. The van der Waals surface area contributed by atoms with Crippen LogP contribution < -0.4 is 21.2 Å². The van der Waals surface area contributed by atoms with E-state index < -0.39 is 29.5 Å². The van der Waals surface area contributed by atoms with Crippen molar-refractivity contribution in [3.8, 4) is 0 Å². The van der Waals surface area contributed by atoms with Crippen molar-refractivity contribution < 1.29 is 22.6 Å². The Morgan fingerprint density at radius 3 is 2.65 bits per heavy atom. The molecule has 162 valence electrons. The summed E-state index contributed by atoms with van der Waals surface area (Å²) in [5.74, 6) is -0.329. The van der Waals surface area contributed by atoms with Crippen molar-refractivity contribution in [2.45, 2.75) is 32.5 Å². The lowest BCUT2D eigenvalue weighted by Gasteiger charge is -2.16. The van der Waals surface area contributed by atoms with E-state index in [1.54, 1.807) is 13.8 Å². The number of hydrogen-bond acceptors (Lipinski definition) is 6. The second-order valence-electron chi connectivity index (χ2n) is 6.99. The van der Waals surface area contributed by atoms with Crippen LogP contribution in [-0.2, 0) is 17.4 Å². The summed E-state index contributed by atoms with van der Waals surface area (Å²) in [5.41, 5.74) is 4.02. The molecule has 0 bridgehead atoms. The van der Waals surface area contributed by atoms with Crippen LogP contribution in [0.4, 0.5) is 24.8 Å². The lowest BCUT2D eigenvalue weighted by Crippen LogP contribution is -2.41. The highest BCUT2D eigenvalue weighted by Gasteiger charge is 2.31. The topological polar surface area (TPSA) is 131 Å². The van der Waals surface area contributed by atoms with Gasteiger partial charge in [-0.3, -0.25) is 14.3 Å². The third-order valence-electron chi connectivity index (χ3n) is 4.41. The number of nitrogens with one attached hydrogen (secondary N) is 2. The van der Waals surface area contributed by atoms with Gasteiger partial charge in [0.25, 0.3) is 0 Å². The van der Waals surface area contributed by atoms with Crippen molar-refractivity contribution in [1.29, 1.82) is 5.41 Å². The molecule has 4 N–H and O–H groups in total. The number of carbonyl (C=O) groups is 1. The Morgan fingerprint density at radius 2 is 2.03 bits per heavy atom. The second kappa shape index (κ2) is 8.13. The van der Waals surface area contributed by atoms with Crippen molar-refractivity contribution >= 4 is 34.8 Å². The Balaban J connectivity index is 1.99. The SMILES string of the molecule is CC(C)n1nc(CC(=O)Nc2ccc(N)[n+](C=N)n2)c(=O)c2ccc(C(F)(F)F)cc21. The van der Waals surface area contributed by atoms with Gasteiger partial charge in [-0.2, -0.15) is 23.7 Å². The maximum Gasteiger partial charge on any atom is 0.416 e. The van der Waals surface area contributed by atoms with E-state index in [4.69, 9.17) is 11.1 Å². The molecule has 0 unspecified atom stereocenters. The van der Waals surface area contributed by atoms with E-state index in [1.807, 2.05) is 0 Å². The summed E-state index contributed by atoms with van der Waals surface area (Å²) >= 11 is 0. The minimum atomic E-state index is -4.57. The first-order valence-corrected chi connectivity index (χ1v) is 9.12. The molecule has 0 aliphatic carbocycles. The highest BCUT2D eigenvalue weighted by atomic mass is 19.4. The standard InChI is InChI=1S/C19H18F3N7O2/c1-10(2)29-14-7-11(19(20,21)22)3-4-12(14)18(31)13(26-29)8-17(30)25-16-6-5-15(24)28(9-23)27-16/h3-7,9-10,23-24H,8H2,1-2H3,(H,25,27,30)/p+1. The molecule has 9 nitrogen and oxygen atoms in total. The summed E-state index contributed by atoms with van der Waals surface area (Å²) in [4.78, 5) is 25.2. The van der Waals surface area contributed by atoms with Gasteiger partial charge in [0, 0.05) is 17.5 Å². The second-order valence-corrected chi connectivity index (χ2v) is 6.99. The quantitative estimate of drug-likeness (QED) is 0.321. The van der Waals surface area contributed by atoms with Gasteiger partial charge in [0.05, 0.1) is 17.5 Å². The molecule has 0 fully saturated rings. The third-order valence-corrected chi connectivity index (χ3v) is 4.41. The van der Waals surface area contributed by atoms with Crippen molar-refractivity contribution in [1.82, 2.24) is 14.9 Å². The van der Waals surface area contributed by atoms with Crippen LogP contribution in [0.3, 0.4) is 0 Å². The lowest BCUT2D eigenvalue weighted by molar-refractivity contribution is -0.597. The minimum absolute atomic E-state index is 0.0335. The monoisotopic (exact) mass is 434 g/mol. The molecular formula is C19H19F3N7O2+. The van der Waals surface area contributed by atoms with Crippen LogP contribution in [0.2, 0.25) is 0 Å². The molecule has 1 amide bonds. The average Bonchev–Trinajstić information content (AvgIpc) is 2.70. The number of nitrogens with zero attached hydrogens (tertiary/aromatic N) is 4. The van der Waals surface area contributed by atoms with Gasteiger partial charge in [-0.15, -0.1) is 4.68 Å². The number of halogens is 3. The number of alkyl halides is 3. The Morgan fingerprint density at radius 1 is 1.32 bits per heavy atom. The minimum Gasteiger partial charge on any atom is -0.317 e. The molecular weight excluding hydrogens is 415 g/mol. The molecule has 1 aromatic carbocycles. The summed E-state index contributed by atoms with van der Waals surface area (Å²) < 4.78 is 41.6. The van der Waals surface area contributed by atoms with E-state index >= 15 is 0 Å². The van der Waals surface area contributed by atoms with Crippen LogP contribution in [0.15, 0.2) is 35.1 Å². The number of rotatable bonds is 5. The molecule has 12 heteroatoms. The largest absolute Gasteiger partial charge is 0.416 e. The van der Waals surface area contributed by atoms with Crippen LogP contribution in [0.25, 0.3) is 10.9 Å². The van der Waals surface area contributed by atoms with E-state index in [0.717, 1.165) is 29.2 Å². The summed E-state index contributed by atoms with van der Waals surface area (Å²) in [6.07, 6.45) is -4.13. The van der Waals surface area contributed by atoms with Crippen molar-refractivity contribution in [2.24, 2.45) is 0 Å². The Hall–Kier alpha value is -3.83. The van der Waals surface area contributed by atoms with Gasteiger partial charge in [0.1, 0.15) is 5.69 Å². The number of aromatic nitrogens is 4. The molecule has 0 aliphatic rings. The van der Waals surface area contributed by atoms with Gasteiger partial charge in [0.2, 0.25) is 23.5 Å². The molecule has 2 heterocycles. The zero-order chi connectivity index (χ0) is 22.9. The van der Waals surface area contributed by atoms with E-state index in [2.05, 4.69) is 15.5 Å². The lowest BCUT2D eigenvalue weighted by atomic mass is 10.1. The van der Waals surface area contributed by atoms with E-state index in [9.17, 15) is 22.8 Å². The number of fused-ring (bicyclic) bond motifs is 1. The Bertz CT molecular complexity index is 1240. The number of amides is 1. The van der Waals surface area contributed by atoms with Crippen LogP contribution in [0.5, 0.6) is 0 Å². The molecule has 0 aliphatic heterocycles. The van der Waals surface area contributed by atoms with Gasteiger partial charge < -0.3 is 11.1 Å². The molecule has 3 aromatic rings. The maximum absolute atomic E-state index is 13.1. The smallest absolute Gasteiger partial charge is 0.317 e. The third kappa shape index (κ3) is 4.52.